The second kappa shape index (κ2) is 31.8. The summed E-state index contributed by atoms with van der Waals surface area (Å²) in [6, 6.07) is -1.03. The Hall–Kier alpha value is -1.20. The third kappa shape index (κ3) is 24.4. The van der Waals surface area contributed by atoms with Crippen LogP contribution in [0.5, 0.6) is 0 Å². The van der Waals surface area contributed by atoms with Gasteiger partial charge in [-0.25, -0.2) is 4.18 Å². The van der Waals surface area contributed by atoms with Gasteiger partial charge in [0.25, 0.3) is 0 Å². The van der Waals surface area contributed by atoms with Crippen molar-refractivity contribution < 1.29 is 57.0 Å². The monoisotopic (exact) mass is 796 g/mol. The Morgan fingerprint density at radius 1 is 0.722 bits per heavy atom. The van der Waals surface area contributed by atoms with Gasteiger partial charge in [-0.05, 0) is 38.5 Å². The summed E-state index contributed by atoms with van der Waals surface area (Å²) in [5.74, 6) is -0.680. The summed E-state index contributed by atoms with van der Waals surface area (Å²) in [6.45, 7) is 3.22. The molecule has 1 fully saturated rings. The number of rotatable bonds is 35. The molecule has 8 unspecified atom stereocenters. The van der Waals surface area contributed by atoms with Gasteiger partial charge in [-0.2, -0.15) is 8.42 Å². The molecule has 1 aliphatic heterocycles. The molecule has 8 atom stereocenters. The average Bonchev–Trinajstić information content (AvgIpc) is 3.14. The average molecular weight is 796 g/mol. The summed E-state index contributed by atoms with van der Waals surface area (Å²) < 4.78 is 47.4. The van der Waals surface area contributed by atoms with E-state index in [1.165, 1.54) is 83.5 Å². The van der Waals surface area contributed by atoms with Crippen molar-refractivity contribution in [2.24, 2.45) is 0 Å². The number of ether oxygens (including phenoxy) is 2. The zero-order chi connectivity index (χ0) is 40.0. The van der Waals surface area contributed by atoms with Crippen molar-refractivity contribution in [3.05, 3.63) is 12.2 Å². The third-order valence-electron chi connectivity index (χ3n) is 10.2. The van der Waals surface area contributed by atoms with E-state index < -0.39 is 78.5 Å². The van der Waals surface area contributed by atoms with Crippen LogP contribution in [0.4, 0.5) is 0 Å². The first-order valence-corrected chi connectivity index (χ1v) is 22.5. The number of hydrogen-bond acceptors (Lipinski definition) is 11. The topological polar surface area (TPSA) is 212 Å². The molecule has 320 valence electrons. The highest BCUT2D eigenvalue weighted by atomic mass is 32.3. The molecule has 1 rings (SSSR count). The predicted octanol–water partition coefficient (Wildman–Crippen LogP) is 6.19. The first kappa shape index (κ1) is 50.8. The molecule has 0 aromatic carbocycles. The molecule has 0 radical (unpaired) electrons. The SMILES string of the molecule is CCCCCCCCC/C=C\CCCCCCC(O)C(=O)NC(COC1OC(CO)C(O)C(OS(=O)(=O)O)C1O)C(O)CCCCCCCCCCCC. The van der Waals surface area contributed by atoms with Crippen molar-refractivity contribution in [1.29, 1.82) is 0 Å². The van der Waals surface area contributed by atoms with Crippen LogP contribution in [0.2, 0.25) is 0 Å². The summed E-state index contributed by atoms with van der Waals surface area (Å²) in [5.41, 5.74) is 0. The standard InChI is InChI=1S/C40H77NO12S/c1-3-5-7-9-11-13-15-16-17-18-19-21-23-25-27-29-34(44)39(47)41-32(33(43)28-26-24-22-20-14-12-10-8-6-4-2)31-51-40-37(46)38(53-54(48,49)50)36(45)35(30-42)52-40/h17-18,32-38,40,42-46H,3-16,19-31H2,1-2H3,(H,41,47)(H,48,49,50)/b18-17-. The summed E-state index contributed by atoms with van der Waals surface area (Å²) in [7, 11) is -5.10. The zero-order valence-corrected chi connectivity index (χ0v) is 34.2. The first-order chi connectivity index (χ1) is 25.9. The van der Waals surface area contributed by atoms with Gasteiger partial charge in [0.2, 0.25) is 5.91 Å². The van der Waals surface area contributed by atoms with E-state index in [2.05, 4.69) is 35.5 Å². The van der Waals surface area contributed by atoms with Crippen molar-refractivity contribution in [2.75, 3.05) is 13.2 Å². The summed E-state index contributed by atoms with van der Waals surface area (Å²) >= 11 is 0. The largest absolute Gasteiger partial charge is 0.397 e. The van der Waals surface area contributed by atoms with Gasteiger partial charge in [0.05, 0.1) is 25.4 Å². The number of nitrogens with one attached hydrogen (secondary N) is 1. The highest BCUT2D eigenvalue weighted by molar-refractivity contribution is 7.80. The van der Waals surface area contributed by atoms with E-state index in [1.54, 1.807) is 0 Å². The Kier molecular flexibility index (Phi) is 30.0. The molecule has 13 nitrogen and oxygen atoms in total. The van der Waals surface area contributed by atoms with Crippen molar-refractivity contribution in [3.8, 4) is 0 Å². The fourth-order valence-corrected chi connectivity index (χ4v) is 7.26. The molecule has 0 aromatic heterocycles. The van der Waals surface area contributed by atoms with Crippen LogP contribution in [-0.2, 0) is 28.9 Å². The molecule has 0 aromatic rings. The molecule has 7 N–H and O–H groups in total. The maximum absolute atomic E-state index is 13.0. The number of aliphatic hydroxyl groups excluding tert-OH is 5. The van der Waals surface area contributed by atoms with E-state index in [0.717, 1.165) is 51.4 Å². The van der Waals surface area contributed by atoms with E-state index >= 15 is 0 Å². The number of amides is 1. The minimum Gasteiger partial charge on any atom is -0.394 e. The third-order valence-corrected chi connectivity index (χ3v) is 10.6. The van der Waals surface area contributed by atoms with Crippen LogP contribution in [-0.4, -0.2) is 107 Å². The first-order valence-electron chi connectivity index (χ1n) is 21.2. The van der Waals surface area contributed by atoms with Gasteiger partial charge in [-0.1, -0.05) is 148 Å². The maximum atomic E-state index is 13.0. The normalized spacial score (nSPS) is 22.4. The molecular formula is C40H77NO12S. The van der Waals surface area contributed by atoms with Gasteiger partial charge < -0.3 is 40.3 Å². The van der Waals surface area contributed by atoms with Crippen LogP contribution in [0.1, 0.15) is 174 Å². The van der Waals surface area contributed by atoms with Crippen molar-refractivity contribution in [2.45, 2.75) is 223 Å². The molecule has 0 saturated carbocycles. The number of aliphatic hydroxyl groups is 5. The Bertz CT molecular complexity index is 1050. The fraction of sp³-hybridized carbons (Fsp3) is 0.925. The van der Waals surface area contributed by atoms with Crippen molar-refractivity contribution in [3.63, 3.8) is 0 Å². The lowest BCUT2D eigenvalue weighted by atomic mass is 9.99. The number of carbonyl (C=O) groups is 1. The predicted molar refractivity (Wildman–Crippen MR) is 210 cm³/mol. The molecule has 0 spiro atoms. The molecule has 0 bridgehead atoms. The fourth-order valence-electron chi connectivity index (χ4n) is 6.75. The summed E-state index contributed by atoms with van der Waals surface area (Å²) in [4.78, 5) is 13.0. The molecule has 0 aliphatic carbocycles. The molecule has 54 heavy (non-hydrogen) atoms. The molecule has 14 heteroatoms. The number of allylic oxidation sites excluding steroid dienone is 2. The summed E-state index contributed by atoms with van der Waals surface area (Å²) in [5, 5.41) is 55.1. The van der Waals surface area contributed by atoms with E-state index in [0.29, 0.717) is 19.3 Å². The van der Waals surface area contributed by atoms with Crippen LogP contribution >= 0.6 is 0 Å². The highest BCUT2D eigenvalue weighted by Crippen LogP contribution is 2.26. The molecule has 1 heterocycles. The Balaban J connectivity index is 2.61. The van der Waals surface area contributed by atoms with Crippen LogP contribution in [0.25, 0.3) is 0 Å². The smallest absolute Gasteiger partial charge is 0.394 e. The number of carbonyl (C=O) groups excluding carboxylic acids is 1. The number of hydrogen-bond donors (Lipinski definition) is 7. The second-order valence-corrected chi connectivity index (χ2v) is 16.1. The minimum atomic E-state index is -5.10. The van der Waals surface area contributed by atoms with E-state index in [1.807, 2.05) is 0 Å². The highest BCUT2D eigenvalue weighted by Gasteiger charge is 2.48. The van der Waals surface area contributed by atoms with E-state index in [4.69, 9.17) is 14.0 Å². The van der Waals surface area contributed by atoms with Gasteiger partial charge in [0.1, 0.15) is 30.5 Å². The quantitative estimate of drug-likeness (QED) is 0.0218. The van der Waals surface area contributed by atoms with Crippen LogP contribution in [0, 0.1) is 0 Å². The Morgan fingerprint density at radius 2 is 1.19 bits per heavy atom. The van der Waals surface area contributed by atoms with Gasteiger partial charge in [0, 0.05) is 0 Å². The van der Waals surface area contributed by atoms with Crippen molar-refractivity contribution in [1.82, 2.24) is 5.32 Å². The minimum absolute atomic E-state index is 0.247. The summed E-state index contributed by atoms with van der Waals surface area (Å²) in [6.07, 6.45) is 19.9. The van der Waals surface area contributed by atoms with Crippen molar-refractivity contribution >= 4 is 16.3 Å². The number of unbranched alkanes of at least 4 members (excludes halogenated alkanes) is 20. The van der Waals surface area contributed by atoms with Gasteiger partial charge in [-0.15, -0.1) is 0 Å². The van der Waals surface area contributed by atoms with Crippen LogP contribution in [0.3, 0.4) is 0 Å². The van der Waals surface area contributed by atoms with E-state index in [9.17, 15) is 38.7 Å². The molecular weight excluding hydrogens is 719 g/mol. The van der Waals surface area contributed by atoms with E-state index in [-0.39, 0.29) is 6.42 Å². The van der Waals surface area contributed by atoms with Gasteiger partial charge in [-0.3, -0.25) is 9.35 Å². The van der Waals surface area contributed by atoms with Crippen LogP contribution in [0.15, 0.2) is 12.2 Å². The van der Waals surface area contributed by atoms with Gasteiger partial charge in [0.15, 0.2) is 6.29 Å². The second-order valence-electron chi connectivity index (χ2n) is 15.1. The Morgan fingerprint density at radius 3 is 1.67 bits per heavy atom. The lowest BCUT2D eigenvalue weighted by Gasteiger charge is -2.41. The molecule has 1 amide bonds. The van der Waals surface area contributed by atoms with Crippen LogP contribution < -0.4 is 5.32 Å². The maximum Gasteiger partial charge on any atom is 0.397 e. The molecule has 1 aliphatic rings. The zero-order valence-electron chi connectivity index (χ0n) is 33.4. The Labute approximate surface area is 326 Å². The van der Waals surface area contributed by atoms with Gasteiger partial charge >= 0.3 is 10.4 Å². The lowest BCUT2D eigenvalue weighted by Crippen LogP contribution is -2.61. The lowest BCUT2D eigenvalue weighted by molar-refractivity contribution is -0.298. The molecule has 1 saturated heterocycles.